The topological polar surface area (TPSA) is 51.0 Å². The Morgan fingerprint density at radius 1 is 1.42 bits per heavy atom. The summed E-state index contributed by atoms with van der Waals surface area (Å²) in [4.78, 5) is 0. The molecular formula is C14H14BrN3O. The zero-order chi connectivity index (χ0) is 13.7. The van der Waals surface area contributed by atoms with Gasteiger partial charge in [0.1, 0.15) is 0 Å². The molecule has 0 bridgehead atoms. The normalized spacial score (nSPS) is 12.1. The number of rotatable bonds is 5. The van der Waals surface area contributed by atoms with E-state index < -0.39 is 0 Å². The second kappa shape index (κ2) is 6.50. The Kier molecular flexibility index (Phi) is 4.72. The third-order valence-corrected chi connectivity index (χ3v) is 3.29. The third kappa shape index (κ3) is 3.66. The lowest BCUT2D eigenvalue weighted by molar-refractivity contribution is 0.451. The van der Waals surface area contributed by atoms with Gasteiger partial charge in [-0.2, -0.15) is 0 Å². The maximum absolute atomic E-state index is 5.61. The molecule has 1 atom stereocenters. The minimum absolute atomic E-state index is 0.226. The molecule has 1 aromatic heterocycles. The van der Waals surface area contributed by atoms with E-state index in [0.717, 1.165) is 10.0 Å². The molecule has 0 aliphatic heterocycles. The molecule has 0 radical (unpaired) electrons. The Morgan fingerprint density at radius 2 is 2.21 bits per heavy atom. The van der Waals surface area contributed by atoms with Crippen molar-refractivity contribution in [2.24, 2.45) is 0 Å². The van der Waals surface area contributed by atoms with Crippen molar-refractivity contribution in [2.45, 2.75) is 25.9 Å². The van der Waals surface area contributed by atoms with E-state index in [0.29, 0.717) is 24.7 Å². The average Bonchev–Trinajstić information content (AvgIpc) is 2.86. The van der Waals surface area contributed by atoms with E-state index in [1.807, 2.05) is 31.2 Å². The smallest absolute Gasteiger partial charge is 0.248 e. The largest absolute Gasteiger partial charge is 0.419 e. The summed E-state index contributed by atoms with van der Waals surface area (Å²) in [6.07, 6.45) is 5.92. The molecule has 2 aromatic rings. The van der Waals surface area contributed by atoms with Crippen molar-refractivity contribution in [1.29, 1.82) is 0 Å². The highest BCUT2D eigenvalue weighted by Crippen LogP contribution is 2.26. The van der Waals surface area contributed by atoms with Crippen LogP contribution in [0.5, 0.6) is 0 Å². The van der Waals surface area contributed by atoms with Gasteiger partial charge >= 0.3 is 0 Å². The standard InChI is InChI=1S/C14H14BrN3O/c1-3-6-10(2)16-9-13-17-18-14(19-13)11-7-4-5-8-12(11)15/h1,4-5,7-8,10,16H,6,9H2,2H3. The number of terminal acetylenes is 1. The van der Waals surface area contributed by atoms with Crippen LogP contribution in [0.1, 0.15) is 19.2 Å². The van der Waals surface area contributed by atoms with E-state index in [2.05, 4.69) is 37.4 Å². The van der Waals surface area contributed by atoms with Gasteiger partial charge in [-0.1, -0.05) is 12.1 Å². The van der Waals surface area contributed by atoms with Crippen LogP contribution in [0.15, 0.2) is 33.2 Å². The Hall–Kier alpha value is -1.64. The number of nitrogens with one attached hydrogen (secondary N) is 1. The van der Waals surface area contributed by atoms with Crippen molar-refractivity contribution < 1.29 is 4.42 Å². The molecule has 19 heavy (non-hydrogen) atoms. The SMILES string of the molecule is C#CCC(C)NCc1nnc(-c2ccccc2Br)o1. The fourth-order valence-corrected chi connectivity index (χ4v) is 2.03. The Labute approximate surface area is 120 Å². The lowest BCUT2D eigenvalue weighted by Gasteiger charge is -2.07. The zero-order valence-corrected chi connectivity index (χ0v) is 12.1. The van der Waals surface area contributed by atoms with Crippen LogP contribution in [-0.4, -0.2) is 16.2 Å². The number of halogens is 1. The number of benzene rings is 1. The molecule has 0 amide bonds. The minimum atomic E-state index is 0.226. The van der Waals surface area contributed by atoms with Crippen molar-refractivity contribution in [2.75, 3.05) is 0 Å². The van der Waals surface area contributed by atoms with Crippen LogP contribution in [0.4, 0.5) is 0 Å². The highest BCUT2D eigenvalue weighted by Gasteiger charge is 2.11. The highest BCUT2D eigenvalue weighted by atomic mass is 79.9. The van der Waals surface area contributed by atoms with Gasteiger partial charge in [-0.25, -0.2) is 0 Å². The molecule has 0 saturated carbocycles. The molecule has 1 aromatic carbocycles. The summed E-state index contributed by atoms with van der Waals surface area (Å²) in [6, 6.07) is 7.96. The predicted octanol–water partition coefficient (Wildman–Crippen LogP) is 3.00. The first-order chi connectivity index (χ1) is 9.20. The van der Waals surface area contributed by atoms with E-state index in [-0.39, 0.29) is 6.04 Å². The molecule has 2 rings (SSSR count). The van der Waals surface area contributed by atoms with Crippen LogP contribution in [0, 0.1) is 12.3 Å². The molecule has 0 fully saturated rings. The first kappa shape index (κ1) is 13.8. The highest BCUT2D eigenvalue weighted by molar-refractivity contribution is 9.10. The number of hydrogen-bond acceptors (Lipinski definition) is 4. The van der Waals surface area contributed by atoms with Crippen LogP contribution >= 0.6 is 15.9 Å². The molecule has 98 valence electrons. The summed E-state index contributed by atoms with van der Waals surface area (Å²) in [7, 11) is 0. The molecule has 0 saturated heterocycles. The molecule has 0 aliphatic carbocycles. The van der Waals surface area contributed by atoms with E-state index in [1.54, 1.807) is 0 Å². The Morgan fingerprint density at radius 3 is 2.95 bits per heavy atom. The molecule has 1 N–H and O–H groups in total. The lowest BCUT2D eigenvalue weighted by Crippen LogP contribution is -2.24. The van der Waals surface area contributed by atoms with Crippen LogP contribution < -0.4 is 5.32 Å². The minimum Gasteiger partial charge on any atom is -0.419 e. The van der Waals surface area contributed by atoms with E-state index in [9.17, 15) is 0 Å². The summed E-state index contributed by atoms with van der Waals surface area (Å²) in [6.45, 7) is 2.53. The van der Waals surface area contributed by atoms with Crippen LogP contribution in [0.3, 0.4) is 0 Å². The Balaban J connectivity index is 2.04. The van der Waals surface area contributed by atoms with Crippen LogP contribution in [0.2, 0.25) is 0 Å². The fourth-order valence-electron chi connectivity index (χ4n) is 1.58. The van der Waals surface area contributed by atoms with Gasteiger partial charge in [0.15, 0.2) is 0 Å². The van der Waals surface area contributed by atoms with Gasteiger partial charge in [0.2, 0.25) is 11.8 Å². The van der Waals surface area contributed by atoms with E-state index in [1.165, 1.54) is 0 Å². The maximum atomic E-state index is 5.61. The summed E-state index contributed by atoms with van der Waals surface area (Å²) >= 11 is 3.46. The van der Waals surface area contributed by atoms with Gasteiger partial charge in [0.05, 0.1) is 12.1 Å². The molecule has 5 heteroatoms. The number of aromatic nitrogens is 2. The number of nitrogens with zero attached hydrogens (tertiary/aromatic N) is 2. The van der Waals surface area contributed by atoms with Crippen LogP contribution in [-0.2, 0) is 6.54 Å². The average molecular weight is 320 g/mol. The first-order valence-corrected chi connectivity index (χ1v) is 6.74. The van der Waals surface area contributed by atoms with Gasteiger partial charge in [-0.15, -0.1) is 22.5 Å². The van der Waals surface area contributed by atoms with Crippen LogP contribution in [0.25, 0.3) is 11.5 Å². The van der Waals surface area contributed by atoms with Crippen molar-refractivity contribution in [3.8, 4) is 23.8 Å². The monoisotopic (exact) mass is 319 g/mol. The molecule has 4 nitrogen and oxygen atoms in total. The van der Waals surface area contributed by atoms with E-state index >= 15 is 0 Å². The zero-order valence-electron chi connectivity index (χ0n) is 10.6. The fraction of sp³-hybridized carbons (Fsp3) is 0.286. The number of hydrogen-bond donors (Lipinski definition) is 1. The second-order valence-corrected chi connectivity index (χ2v) is 5.03. The van der Waals surface area contributed by atoms with Crippen molar-refractivity contribution in [3.63, 3.8) is 0 Å². The first-order valence-electron chi connectivity index (χ1n) is 5.95. The lowest BCUT2D eigenvalue weighted by atomic mass is 10.2. The third-order valence-electron chi connectivity index (χ3n) is 2.60. The summed E-state index contributed by atoms with van der Waals surface area (Å²) in [5, 5.41) is 11.3. The summed E-state index contributed by atoms with van der Waals surface area (Å²) < 4.78 is 6.54. The molecule has 1 unspecified atom stereocenters. The second-order valence-electron chi connectivity index (χ2n) is 4.17. The maximum Gasteiger partial charge on any atom is 0.248 e. The van der Waals surface area contributed by atoms with Gasteiger partial charge in [0.25, 0.3) is 0 Å². The molecular weight excluding hydrogens is 306 g/mol. The van der Waals surface area contributed by atoms with Crippen molar-refractivity contribution in [1.82, 2.24) is 15.5 Å². The molecule has 0 spiro atoms. The van der Waals surface area contributed by atoms with Gasteiger partial charge < -0.3 is 9.73 Å². The molecule has 1 heterocycles. The van der Waals surface area contributed by atoms with Gasteiger partial charge in [-0.3, -0.25) is 0 Å². The quantitative estimate of drug-likeness (QED) is 0.861. The molecule has 0 aliphatic rings. The van der Waals surface area contributed by atoms with E-state index in [4.69, 9.17) is 10.8 Å². The van der Waals surface area contributed by atoms with Crippen molar-refractivity contribution >= 4 is 15.9 Å². The predicted molar refractivity (Wildman–Crippen MR) is 77.2 cm³/mol. The van der Waals surface area contributed by atoms with Gasteiger partial charge in [0, 0.05) is 16.9 Å². The summed E-state index contributed by atoms with van der Waals surface area (Å²) in [5.74, 6) is 3.67. The van der Waals surface area contributed by atoms with Crippen molar-refractivity contribution in [3.05, 3.63) is 34.6 Å². The van der Waals surface area contributed by atoms with Gasteiger partial charge in [-0.05, 0) is 35.0 Å². The Bertz CT molecular complexity index is 588. The summed E-state index contributed by atoms with van der Waals surface area (Å²) in [5.41, 5.74) is 0.887.